The Balaban J connectivity index is 2.32. The van der Waals surface area contributed by atoms with Gasteiger partial charge in [0.05, 0.1) is 5.54 Å². The van der Waals surface area contributed by atoms with Crippen LogP contribution in [-0.2, 0) is 5.54 Å². The van der Waals surface area contributed by atoms with E-state index >= 15 is 0 Å². The lowest BCUT2D eigenvalue weighted by molar-refractivity contribution is 0.331. The van der Waals surface area contributed by atoms with Crippen molar-refractivity contribution in [3.63, 3.8) is 0 Å². The minimum atomic E-state index is -0.191. The van der Waals surface area contributed by atoms with Gasteiger partial charge in [-0.25, -0.2) is 4.98 Å². The van der Waals surface area contributed by atoms with E-state index in [1.54, 1.807) is 6.20 Å². The lowest BCUT2D eigenvalue weighted by atomic mass is 9.89. The van der Waals surface area contributed by atoms with Crippen LogP contribution in [0.1, 0.15) is 32.0 Å². The predicted octanol–water partition coefficient (Wildman–Crippen LogP) is 1.38. The fourth-order valence-electron chi connectivity index (χ4n) is 2.08. The van der Waals surface area contributed by atoms with Gasteiger partial charge >= 0.3 is 0 Å². The maximum Gasteiger partial charge on any atom is 0.126 e. The lowest BCUT2D eigenvalue weighted by Gasteiger charge is -2.26. The van der Waals surface area contributed by atoms with Gasteiger partial charge in [-0.05, 0) is 18.8 Å². The standard InChI is InChI=1S/C9H15N3/c1-7-3-2-4-9(7,10)8-11-5-6-12-8/h5-7H,2-4,10H2,1H3,(H,11,12). The van der Waals surface area contributed by atoms with Gasteiger partial charge in [-0.2, -0.15) is 0 Å². The smallest absolute Gasteiger partial charge is 0.126 e. The Hall–Kier alpha value is -0.830. The van der Waals surface area contributed by atoms with Gasteiger partial charge in [0, 0.05) is 12.4 Å². The molecule has 0 aliphatic heterocycles. The lowest BCUT2D eigenvalue weighted by Crippen LogP contribution is -2.40. The van der Waals surface area contributed by atoms with Crippen molar-refractivity contribution >= 4 is 0 Å². The first-order valence-corrected chi connectivity index (χ1v) is 4.52. The highest BCUT2D eigenvalue weighted by molar-refractivity contribution is 5.09. The van der Waals surface area contributed by atoms with E-state index in [4.69, 9.17) is 5.73 Å². The minimum Gasteiger partial charge on any atom is -0.347 e. The minimum absolute atomic E-state index is 0.191. The zero-order chi connectivity index (χ0) is 8.60. The molecular formula is C9H15N3. The average molecular weight is 165 g/mol. The SMILES string of the molecule is CC1CCCC1(N)c1ncc[nH]1. The normalized spacial score (nSPS) is 35.7. The molecule has 3 nitrogen and oxygen atoms in total. The van der Waals surface area contributed by atoms with Gasteiger partial charge in [0.15, 0.2) is 0 Å². The van der Waals surface area contributed by atoms with E-state index in [2.05, 4.69) is 16.9 Å². The first-order valence-electron chi connectivity index (χ1n) is 4.52. The Bertz CT molecular complexity index is 255. The van der Waals surface area contributed by atoms with Crippen molar-refractivity contribution in [2.75, 3.05) is 0 Å². The molecule has 0 saturated heterocycles. The largest absolute Gasteiger partial charge is 0.347 e. The number of aromatic nitrogens is 2. The third-order valence-electron chi connectivity index (χ3n) is 3.05. The fraction of sp³-hybridized carbons (Fsp3) is 0.667. The topological polar surface area (TPSA) is 54.7 Å². The van der Waals surface area contributed by atoms with E-state index in [1.807, 2.05) is 6.20 Å². The van der Waals surface area contributed by atoms with Gasteiger partial charge in [-0.1, -0.05) is 13.3 Å². The number of aromatic amines is 1. The molecule has 3 heteroatoms. The van der Waals surface area contributed by atoms with Gasteiger partial charge in [0.2, 0.25) is 0 Å². The molecule has 1 saturated carbocycles. The van der Waals surface area contributed by atoms with Crippen LogP contribution in [0.25, 0.3) is 0 Å². The van der Waals surface area contributed by atoms with Gasteiger partial charge < -0.3 is 10.7 Å². The third-order valence-corrected chi connectivity index (χ3v) is 3.05. The van der Waals surface area contributed by atoms with Crippen LogP contribution in [0.2, 0.25) is 0 Å². The molecule has 0 spiro atoms. The number of imidazole rings is 1. The van der Waals surface area contributed by atoms with Gasteiger partial charge in [0.25, 0.3) is 0 Å². The molecule has 66 valence electrons. The number of nitrogens with zero attached hydrogens (tertiary/aromatic N) is 1. The highest BCUT2D eigenvalue weighted by Crippen LogP contribution is 2.39. The van der Waals surface area contributed by atoms with E-state index < -0.39 is 0 Å². The molecular weight excluding hydrogens is 150 g/mol. The van der Waals surface area contributed by atoms with E-state index in [-0.39, 0.29) is 5.54 Å². The molecule has 1 aromatic heterocycles. The van der Waals surface area contributed by atoms with Crippen molar-refractivity contribution in [3.05, 3.63) is 18.2 Å². The van der Waals surface area contributed by atoms with Crippen LogP contribution in [0.3, 0.4) is 0 Å². The molecule has 0 amide bonds. The van der Waals surface area contributed by atoms with E-state index in [0.717, 1.165) is 12.2 Å². The summed E-state index contributed by atoms with van der Waals surface area (Å²) in [6.07, 6.45) is 7.11. The first-order chi connectivity index (χ1) is 5.73. The van der Waals surface area contributed by atoms with Crippen LogP contribution in [0, 0.1) is 5.92 Å². The number of nitrogens with one attached hydrogen (secondary N) is 1. The molecule has 0 radical (unpaired) electrons. The second kappa shape index (κ2) is 2.59. The molecule has 2 atom stereocenters. The number of rotatable bonds is 1. The van der Waals surface area contributed by atoms with Crippen molar-refractivity contribution in [1.29, 1.82) is 0 Å². The molecule has 0 bridgehead atoms. The summed E-state index contributed by atoms with van der Waals surface area (Å²) in [6, 6.07) is 0. The van der Waals surface area contributed by atoms with Crippen molar-refractivity contribution in [2.24, 2.45) is 11.7 Å². The Kier molecular flexibility index (Phi) is 1.68. The first kappa shape index (κ1) is 7.80. The maximum atomic E-state index is 6.27. The van der Waals surface area contributed by atoms with Crippen molar-refractivity contribution in [2.45, 2.75) is 31.7 Å². The fourth-order valence-corrected chi connectivity index (χ4v) is 2.08. The number of nitrogens with two attached hydrogens (primary N) is 1. The van der Waals surface area contributed by atoms with E-state index in [1.165, 1.54) is 12.8 Å². The number of hydrogen-bond donors (Lipinski definition) is 2. The van der Waals surface area contributed by atoms with Crippen LogP contribution < -0.4 is 5.73 Å². The molecule has 1 aromatic rings. The van der Waals surface area contributed by atoms with E-state index in [0.29, 0.717) is 5.92 Å². The maximum absolute atomic E-state index is 6.27. The van der Waals surface area contributed by atoms with Gasteiger partial charge in [-0.15, -0.1) is 0 Å². The summed E-state index contributed by atoms with van der Waals surface area (Å²) in [5, 5.41) is 0. The summed E-state index contributed by atoms with van der Waals surface area (Å²) in [7, 11) is 0. The molecule has 0 aromatic carbocycles. The zero-order valence-electron chi connectivity index (χ0n) is 7.38. The van der Waals surface area contributed by atoms with Gasteiger partial charge in [-0.3, -0.25) is 0 Å². The summed E-state index contributed by atoms with van der Waals surface area (Å²) in [4.78, 5) is 7.35. The van der Waals surface area contributed by atoms with Crippen LogP contribution in [-0.4, -0.2) is 9.97 Å². The van der Waals surface area contributed by atoms with Crippen LogP contribution >= 0.6 is 0 Å². The Morgan fingerprint density at radius 3 is 3.08 bits per heavy atom. The summed E-state index contributed by atoms with van der Waals surface area (Å²) in [6.45, 7) is 2.20. The number of H-pyrrole nitrogens is 1. The molecule has 1 aliphatic carbocycles. The van der Waals surface area contributed by atoms with Crippen molar-refractivity contribution in [1.82, 2.24) is 9.97 Å². The Labute approximate surface area is 72.4 Å². The third kappa shape index (κ3) is 0.966. The van der Waals surface area contributed by atoms with Crippen LogP contribution in [0.4, 0.5) is 0 Å². The van der Waals surface area contributed by atoms with Crippen molar-refractivity contribution < 1.29 is 0 Å². The summed E-state index contributed by atoms with van der Waals surface area (Å²) >= 11 is 0. The molecule has 2 rings (SSSR count). The Morgan fingerprint density at radius 1 is 1.75 bits per heavy atom. The summed E-state index contributed by atoms with van der Waals surface area (Å²) in [5.41, 5.74) is 6.08. The highest BCUT2D eigenvalue weighted by Gasteiger charge is 2.39. The average Bonchev–Trinajstić information content (AvgIpc) is 2.62. The van der Waals surface area contributed by atoms with E-state index in [9.17, 15) is 0 Å². The summed E-state index contributed by atoms with van der Waals surface area (Å²) < 4.78 is 0. The van der Waals surface area contributed by atoms with Crippen LogP contribution in [0.15, 0.2) is 12.4 Å². The molecule has 12 heavy (non-hydrogen) atoms. The monoisotopic (exact) mass is 165 g/mol. The quantitative estimate of drug-likeness (QED) is 0.660. The highest BCUT2D eigenvalue weighted by atomic mass is 15.0. The van der Waals surface area contributed by atoms with Crippen LogP contribution in [0.5, 0.6) is 0 Å². The molecule has 3 N–H and O–H groups in total. The second-order valence-corrected chi connectivity index (χ2v) is 3.77. The zero-order valence-corrected chi connectivity index (χ0v) is 7.38. The van der Waals surface area contributed by atoms with Gasteiger partial charge in [0.1, 0.15) is 5.82 Å². The molecule has 2 unspecified atom stereocenters. The predicted molar refractivity (Wildman–Crippen MR) is 47.5 cm³/mol. The molecule has 1 heterocycles. The number of hydrogen-bond acceptors (Lipinski definition) is 2. The van der Waals surface area contributed by atoms with Crippen molar-refractivity contribution in [3.8, 4) is 0 Å². The molecule has 1 fully saturated rings. The second-order valence-electron chi connectivity index (χ2n) is 3.77. The molecule has 1 aliphatic rings. The Morgan fingerprint density at radius 2 is 2.58 bits per heavy atom. The summed E-state index contributed by atoms with van der Waals surface area (Å²) in [5.74, 6) is 1.50.